The molecule has 0 radical (unpaired) electrons. The minimum absolute atomic E-state index is 0.00167. The summed E-state index contributed by atoms with van der Waals surface area (Å²) in [5.41, 5.74) is 2.55. The van der Waals surface area contributed by atoms with E-state index in [1.165, 1.54) is 0 Å². The van der Waals surface area contributed by atoms with E-state index in [1.807, 2.05) is 30.3 Å². The summed E-state index contributed by atoms with van der Waals surface area (Å²) in [7, 11) is 0. The standard InChI is InChI=1S/C20H21N5O2/c1-13(26)20-23-17-11-22-16-7-3-2-6-15(16)19(17)25(20)14-5-4-10-24(12-14)18(27)8-9-21/h2-3,6-7,11,13-14,26H,4-5,8,10,12H2,1H3/t13-,14-/m1/s1. The van der Waals surface area contributed by atoms with Crippen LogP contribution in [0.25, 0.3) is 21.9 Å². The number of piperidine rings is 1. The minimum atomic E-state index is -0.735. The topological polar surface area (TPSA) is 95.0 Å². The number of likely N-dealkylation sites (tertiary alicyclic amines) is 1. The van der Waals surface area contributed by atoms with Crippen LogP contribution in [0.4, 0.5) is 0 Å². The van der Waals surface area contributed by atoms with Gasteiger partial charge in [-0.2, -0.15) is 5.26 Å². The Kier molecular flexibility index (Phi) is 4.50. The van der Waals surface area contributed by atoms with Crippen molar-refractivity contribution in [1.29, 1.82) is 5.26 Å². The SMILES string of the molecule is C[C@@H](O)c1nc2cnc3ccccc3c2n1[C@@H]1CCCN(C(=O)CC#N)C1. The van der Waals surface area contributed by atoms with Crippen molar-refractivity contribution >= 4 is 27.8 Å². The molecule has 0 saturated carbocycles. The third-order valence-corrected chi connectivity index (χ3v) is 5.17. The maximum atomic E-state index is 12.2. The summed E-state index contributed by atoms with van der Waals surface area (Å²) in [6.45, 7) is 2.88. The van der Waals surface area contributed by atoms with Gasteiger partial charge in [0.2, 0.25) is 5.91 Å². The number of hydrogen-bond acceptors (Lipinski definition) is 5. The first-order valence-electron chi connectivity index (χ1n) is 9.18. The van der Waals surface area contributed by atoms with E-state index in [1.54, 1.807) is 18.0 Å². The number of fused-ring (bicyclic) bond motifs is 3. The zero-order valence-corrected chi connectivity index (χ0v) is 15.2. The summed E-state index contributed by atoms with van der Waals surface area (Å²) < 4.78 is 2.08. The molecular weight excluding hydrogens is 342 g/mol. The maximum Gasteiger partial charge on any atom is 0.236 e. The molecule has 1 N–H and O–H groups in total. The molecule has 3 aromatic rings. The molecule has 0 unspecified atom stereocenters. The number of carbonyl (C=O) groups is 1. The van der Waals surface area contributed by atoms with E-state index in [4.69, 9.17) is 5.26 Å². The van der Waals surface area contributed by atoms with E-state index in [0.717, 1.165) is 34.8 Å². The van der Waals surface area contributed by atoms with Crippen molar-refractivity contribution in [3.05, 3.63) is 36.3 Å². The van der Waals surface area contributed by atoms with Crippen molar-refractivity contribution in [2.75, 3.05) is 13.1 Å². The number of para-hydroxylation sites is 1. The third-order valence-electron chi connectivity index (χ3n) is 5.17. The van der Waals surface area contributed by atoms with Crippen molar-refractivity contribution < 1.29 is 9.90 Å². The molecule has 138 valence electrons. The summed E-state index contributed by atoms with van der Waals surface area (Å²) in [6, 6.07) is 9.82. The predicted molar refractivity (Wildman–Crippen MR) is 101 cm³/mol. The van der Waals surface area contributed by atoms with E-state index in [9.17, 15) is 9.90 Å². The van der Waals surface area contributed by atoms with Gasteiger partial charge in [0.15, 0.2) is 0 Å². The highest BCUT2D eigenvalue weighted by Gasteiger charge is 2.29. The van der Waals surface area contributed by atoms with Gasteiger partial charge in [0.05, 0.1) is 29.3 Å². The highest BCUT2D eigenvalue weighted by Crippen LogP contribution is 2.33. The van der Waals surface area contributed by atoms with Crippen molar-refractivity contribution in [2.45, 2.75) is 38.3 Å². The summed E-state index contributed by atoms with van der Waals surface area (Å²) in [4.78, 5) is 23.1. The molecule has 1 amide bonds. The quantitative estimate of drug-likeness (QED) is 0.772. The first-order valence-corrected chi connectivity index (χ1v) is 9.18. The Labute approximate surface area is 156 Å². The van der Waals surface area contributed by atoms with Crippen LogP contribution in [0.3, 0.4) is 0 Å². The molecule has 4 rings (SSSR count). The second-order valence-corrected chi connectivity index (χ2v) is 7.00. The van der Waals surface area contributed by atoms with Gasteiger partial charge in [0.25, 0.3) is 0 Å². The van der Waals surface area contributed by atoms with Gasteiger partial charge in [0, 0.05) is 18.5 Å². The largest absolute Gasteiger partial charge is 0.385 e. The molecule has 7 heteroatoms. The first kappa shape index (κ1) is 17.4. The molecule has 27 heavy (non-hydrogen) atoms. The molecule has 1 aliphatic heterocycles. The Balaban J connectivity index is 1.86. The molecule has 2 atom stereocenters. The number of imidazole rings is 1. The number of carbonyl (C=O) groups excluding carboxylic acids is 1. The van der Waals surface area contributed by atoms with Gasteiger partial charge in [-0.1, -0.05) is 18.2 Å². The molecule has 0 bridgehead atoms. The Bertz CT molecular complexity index is 1050. The Morgan fingerprint density at radius 2 is 2.22 bits per heavy atom. The lowest BCUT2D eigenvalue weighted by molar-refractivity contribution is -0.131. The monoisotopic (exact) mass is 363 g/mol. The summed E-state index contributed by atoms with van der Waals surface area (Å²) in [6.07, 6.45) is 2.64. The number of aliphatic hydroxyl groups is 1. The first-order chi connectivity index (χ1) is 13.1. The van der Waals surface area contributed by atoms with E-state index in [2.05, 4.69) is 14.5 Å². The molecule has 1 fully saturated rings. The lowest BCUT2D eigenvalue weighted by Crippen LogP contribution is -2.40. The molecule has 1 aromatic carbocycles. The average molecular weight is 363 g/mol. The highest BCUT2D eigenvalue weighted by molar-refractivity contribution is 6.02. The Morgan fingerprint density at radius 1 is 1.41 bits per heavy atom. The number of aromatic nitrogens is 3. The lowest BCUT2D eigenvalue weighted by Gasteiger charge is -2.34. The van der Waals surface area contributed by atoms with Crippen LogP contribution in [-0.4, -0.2) is 43.5 Å². The van der Waals surface area contributed by atoms with Crippen molar-refractivity contribution in [3.63, 3.8) is 0 Å². The summed E-state index contributed by atoms with van der Waals surface area (Å²) >= 11 is 0. The van der Waals surface area contributed by atoms with Crippen LogP contribution in [0, 0.1) is 11.3 Å². The molecule has 3 heterocycles. The van der Waals surface area contributed by atoms with Gasteiger partial charge in [0.1, 0.15) is 23.9 Å². The number of benzene rings is 1. The number of amides is 1. The number of aliphatic hydroxyl groups excluding tert-OH is 1. The number of nitriles is 1. The number of hydrogen-bond donors (Lipinski definition) is 1. The normalized spacial score (nSPS) is 18.6. The molecule has 1 aliphatic rings. The minimum Gasteiger partial charge on any atom is -0.385 e. The van der Waals surface area contributed by atoms with Gasteiger partial charge < -0.3 is 14.6 Å². The van der Waals surface area contributed by atoms with Crippen molar-refractivity contribution in [2.24, 2.45) is 0 Å². The third kappa shape index (κ3) is 3.02. The van der Waals surface area contributed by atoms with Crippen LogP contribution in [0.2, 0.25) is 0 Å². The zero-order chi connectivity index (χ0) is 19.0. The van der Waals surface area contributed by atoms with E-state index in [0.29, 0.717) is 18.9 Å². The smallest absolute Gasteiger partial charge is 0.236 e. The lowest BCUT2D eigenvalue weighted by atomic mass is 10.0. The fourth-order valence-electron chi connectivity index (χ4n) is 3.98. The van der Waals surface area contributed by atoms with Gasteiger partial charge in [-0.15, -0.1) is 0 Å². The summed E-state index contributed by atoms with van der Waals surface area (Å²) in [5, 5.41) is 20.2. The molecule has 0 aliphatic carbocycles. The van der Waals surface area contributed by atoms with Crippen LogP contribution in [-0.2, 0) is 4.79 Å². The molecular formula is C20H21N5O2. The average Bonchev–Trinajstić information content (AvgIpc) is 3.09. The highest BCUT2D eigenvalue weighted by atomic mass is 16.3. The van der Waals surface area contributed by atoms with Gasteiger partial charge in [-0.3, -0.25) is 9.78 Å². The van der Waals surface area contributed by atoms with Crippen LogP contribution >= 0.6 is 0 Å². The zero-order valence-electron chi connectivity index (χ0n) is 15.2. The van der Waals surface area contributed by atoms with Crippen LogP contribution in [0.5, 0.6) is 0 Å². The molecule has 7 nitrogen and oxygen atoms in total. The second kappa shape index (κ2) is 6.97. The fourth-order valence-corrected chi connectivity index (χ4v) is 3.98. The van der Waals surface area contributed by atoms with Crippen LogP contribution in [0.1, 0.15) is 44.2 Å². The van der Waals surface area contributed by atoms with Crippen molar-refractivity contribution in [3.8, 4) is 6.07 Å². The van der Waals surface area contributed by atoms with Gasteiger partial charge in [-0.25, -0.2) is 4.98 Å². The van der Waals surface area contributed by atoms with E-state index < -0.39 is 6.10 Å². The Hall–Kier alpha value is -2.98. The second-order valence-electron chi connectivity index (χ2n) is 7.00. The summed E-state index contributed by atoms with van der Waals surface area (Å²) in [5.74, 6) is 0.444. The number of nitrogens with zero attached hydrogens (tertiary/aromatic N) is 5. The number of rotatable bonds is 3. The maximum absolute atomic E-state index is 12.2. The predicted octanol–water partition coefficient (Wildman–Crippen LogP) is 2.71. The van der Waals surface area contributed by atoms with E-state index in [-0.39, 0.29) is 18.4 Å². The van der Waals surface area contributed by atoms with Crippen LogP contribution in [0.15, 0.2) is 30.5 Å². The van der Waals surface area contributed by atoms with Gasteiger partial charge in [-0.05, 0) is 25.8 Å². The van der Waals surface area contributed by atoms with Crippen molar-refractivity contribution in [1.82, 2.24) is 19.4 Å². The van der Waals surface area contributed by atoms with E-state index >= 15 is 0 Å². The Morgan fingerprint density at radius 3 is 3.00 bits per heavy atom. The molecule has 1 saturated heterocycles. The van der Waals surface area contributed by atoms with Crippen LogP contribution < -0.4 is 0 Å². The number of pyridine rings is 1. The molecule has 2 aromatic heterocycles. The molecule has 0 spiro atoms. The fraction of sp³-hybridized carbons (Fsp3) is 0.400. The van der Waals surface area contributed by atoms with Gasteiger partial charge >= 0.3 is 0 Å².